The topological polar surface area (TPSA) is 71.2 Å². The van der Waals surface area contributed by atoms with Crippen LogP contribution >= 0.6 is 0 Å². The summed E-state index contributed by atoms with van der Waals surface area (Å²) in [6, 6.07) is 12.9. The minimum atomic E-state index is -0.386. The van der Waals surface area contributed by atoms with Gasteiger partial charge in [0.15, 0.2) is 0 Å². The maximum Gasteiger partial charge on any atom is 0.254 e. The van der Waals surface area contributed by atoms with Gasteiger partial charge in [0.05, 0.1) is 18.3 Å². The minimum absolute atomic E-state index is 0.0312. The highest BCUT2D eigenvalue weighted by Gasteiger charge is 2.39. The first-order valence-corrected chi connectivity index (χ1v) is 11.7. The molecule has 3 aromatic rings. The Morgan fingerprint density at radius 2 is 1.91 bits per heavy atom. The van der Waals surface area contributed by atoms with Crippen LogP contribution in [-0.4, -0.2) is 43.1 Å². The highest BCUT2D eigenvalue weighted by molar-refractivity contribution is 5.99. The summed E-state index contributed by atoms with van der Waals surface area (Å²) >= 11 is 0. The second kappa shape index (κ2) is 7.55. The van der Waals surface area contributed by atoms with Gasteiger partial charge >= 0.3 is 0 Å². The number of rotatable bonds is 5. The number of fused-ring (bicyclic) bond motifs is 1. The van der Waals surface area contributed by atoms with E-state index in [0.29, 0.717) is 12.5 Å². The molecule has 2 aliphatic carbocycles. The largest absolute Gasteiger partial charge is 0.391 e. The second-order valence-corrected chi connectivity index (χ2v) is 9.63. The standard InChI is InChI=1S/C26H28N4O2/c1-29-15-23(27-28-29)18-7-5-16(6-8-18)11-19-12-22-20(13-21(19)17-9-10-17)14-30(26(22)32)24-3-2-4-25(24)31/h5-8,12-13,15,17,24-25,31H,2-4,9-11,14H2,1H3. The minimum Gasteiger partial charge on any atom is -0.391 e. The van der Waals surface area contributed by atoms with Crippen molar-refractivity contribution in [3.63, 3.8) is 0 Å². The van der Waals surface area contributed by atoms with Crippen molar-refractivity contribution >= 4 is 5.91 Å². The number of aliphatic hydroxyl groups excluding tert-OH is 1. The van der Waals surface area contributed by atoms with Crippen LogP contribution in [0.25, 0.3) is 11.3 Å². The van der Waals surface area contributed by atoms with Crippen molar-refractivity contribution in [3.8, 4) is 11.3 Å². The summed E-state index contributed by atoms with van der Waals surface area (Å²) in [5.41, 5.74) is 7.80. The zero-order chi connectivity index (χ0) is 21.8. The van der Waals surface area contributed by atoms with E-state index < -0.39 is 0 Å². The molecule has 164 valence electrons. The van der Waals surface area contributed by atoms with Crippen molar-refractivity contribution < 1.29 is 9.90 Å². The Balaban J connectivity index is 1.28. The van der Waals surface area contributed by atoms with Gasteiger partial charge in [0.2, 0.25) is 0 Å². The zero-order valence-electron chi connectivity index (χ0n) is 18.4. The molecule has 2 fully saturated rings. The fourth-order valence-corrected chi connectivity index (χ4v) is 5.42. The maximum atomic E-state index is 13.2. The van der Waals surface area contributed by atoms with Crippen molar-refractivity contribution in [2.45, 2.75) is 63.1 Å². The predicted octanol–water partition coefficient (Wildman–Crippen LogP) is 3.82. The molecule has 3 aliphatic rings. The lowest BCUT2D eigenvalue weighted by Crippen LogP contribution is -2.40. The molecule has 1 aliphatic heterocycles. The van der Waals surface area contributed by atoms with Crippen molar-refractivity contribution in [2.24, 2.45) is 7.05 Å². The van der Waals surface area contributed by atoms with Gasteiger partial charge in [-0.3, -0.25) is 9.48 Å². The van der Waals surface area contributed by atoms with Crippen LogP contribution in [0, 0.1) is 0 Å². The number of carbonyl (C=O) groups excluding carboxylic acids is 1. The maximum absolute atomic E-state index is 13.2. The summed E-state index contributed by atoms with van der Waals surface area (Å²) in [4.78, 5) is 15.1. The highest BCUT2D eigenvalue weighted by Crippen LogP contribution is 2.44. The smallest absolute Gasteiger partial charge is 0.254 e. The van der Waals surface area contributed by atoms with Crippen LogP contribution in [0.5, 0.6) is 0 Å². The molecule has 32 heavy (non-hydrogen) atoms. The van der Waals surface area contributed by atoms with Gasteiger partial charge in [-0.05, 0) is 72.8 Å². The number of amides is 1. The van der Waals surface area contributed by atoms with E-state index in [4.69, 9.17) is 0 Å². The summed E-state index contributed by atoms with van der Waals surface area (Å²) in [6.07, 6.45) is 7.51. The molecule has 0 spiro atoms. The van der Waals surface area contributed by atoms with Crippen molar-refractivity contribution in [1.29, 1.82) is 0 Å². The summed E-state index contributed by atoms with van der Waals surface area (Å²) in [6.45, 7) is 0.642. The molecule has 2 atom stereocenters. The average molecular weight is 429 g/mol. The fourth-order valence-electron chi connectivity index (χ4n) is 5.42. The quantitative estimate of drug-likeness (QED) is 0.671. The molecule has 2 heterocycles. The molecule has 2 unspecified atom stereocenters. The van der Waals surface area contributed by atoms with Crippen molar-refractivity contribution in [3.05, 3.63) is 70.4 Å². The third kappa shape index (κ3) is 3.43. The summed E-state index contributed by atoms with van der Waals surface area (Å²) in [5, 5.41) is 18.6. The van der Waals surface area contributed by atoms with Crippen LogP contribution in [0.1, 0.15) is 70.6 Å². The van der Waals surface area contributed by atoms with E-state index in [1.54, 1.807) is 4.68 Å². The summed E-state index contributed by atoms with van der Waals surface area (Å²) in [7, 11) is 1.87. The van der Waals surface area contributed by atoms with Gasteiger partial charge in [-0.25, -0.2) is 0 Å². The Labute approximate surface area is 187 Å². The third-order valence-corrected chi connectivity index (χ3v) is 7.31. The van der Waals surface area contributed by atoms with E-state index in [1.807, 2.05) is 18.1 Å². The first-order valence-electron chi connectivity index (χ1n) is 11.7. The van der Waals surface area contributed by atoms with Gasteiger partial charge in [-0.1, -0.05) is 35.5 Å². The van der Waals surface area contributed by atoms with Crippen LogP contribution < -0.4 is 0 Å². The van der Waals surface area contributed by atoms with Crippen LogP contribution in [0.15, 0.2) is 42.6 Å². The van der Waals surface area contributed by atoms with E-state index in [9.17, 15) is 9.90 Å². The molecule has 0 saturated heterocycles. The predicted molar refractivity (Wildman–Crippen MR) is 121 cm³/mol. The number of carbonyl (C=O) groups is 1. The molecule has 1 aromatic heterocycles. The lowest BCUT2D eigenvalue weighted by molar-refractivity contribution is 0.0479. The normalized spacial score (nSPS) is 22.6. The number of aromatic nitrogens is 3. The van der Waals surface area contributed by atoms with Crippen LogP contribution in [0.3, 0.4) is 0 Å². The molecular weight excluding hydrogens is 400 g/mol. The molecule has 0 bridgehead atoms. The first kappa shape index (κ1) is 19.7. The number of benzene rings is 2. The molecule has 6 heteroatoms. The van der Waals surface area contributed by atoms with Gasteiger partial charge in [-0.2, -0.15) is 0 Å². The molecule has 1 N–H and O–H groups in total. The van der Waals surface area contributed by atoms with Gasteiger partial charge < -0.3 is 10.0 Å². The SMILES string of the molecule is Cn1cc(-c2ccc(Cc3cc4c(cc3C3CC3)CN(C3CCCC3O)C4=O)cc2)nn1. The Morgan fingerprint density at radius 3 is 2.56 bits per heavy atom. The zero-order valence-corrected chi connectivity index (χ0v) is 18.4. The number of aliphatic hydroxyl groups is 1. The van der Waals surface area contributed by atoms with Gasteiger partial charge in [-0.15, -0.1) is 5.10 Å². The highest BCUT2D eigenvalue weighted by atomic mass is 16.3. The Kier molecular flexibility index (Phi) is 4.65. The van der Waals surface area contributed by atoms with E-state index in [-0.39, 0.29) is 18.1 Å². The summed E-state index contributed by atoms with van der Waals surface area (Å²) < 4.78 is 1.71. The molecule has 1 amide bonds. The van der Waals surface area contributed by atoms with Gasteiger partial charge in [0.1, 0.15) is 5.69 Å². The van der Waals surface area contributed by atoms with E-state index >= 15 is 0 Å². The third-order valence-electron chi connectivity index (χ3n) is 7.31. The number of hydrogen-bond acceptors (Lipinski definition) is 4. The van der Waals surface area contributed by atoms with Crippen molar-refractivity contribution in [2.75, 3.05) is 0 Å². The fraction of sp³-hybridized carbons (Fsp3) is 0.423. The van der Waals surface area contributed by atoms with E-state index in [0.717, 1.165) is 48.1 Å². The molecule has 2 saturated carbocycles. The molecule has 2 aromatic carbocycles. The van der Waals surface area contributed by atoms with Gasteiger partial charge in [0.25, 0.3) is 5.91 Å². The van der Waals surface area contributed by atoms with Crippen LogP contribution in [0.2, 0.25) is 0 Å². The lowest BCUT2D eigenvalue weighted by atomic mass is 9.92. The van der Waals surface area contributed by atoms with Crippen molar-refractivity contribution in [1.82, 2.24) is 19.9 Å². The average Bonchev–Trinajstić information content (AvgIpc) is 3.28. The Morgan fingerprint density at radius 1 is 1.09 bits per heavy atom. The van der Waals surface area contributed by atoms with Gasteiger partial charge in [0, 0.05) is 24.7 Å². The van der Waals surface area contributed by atoms with Crippen LogP contribution in [-0.2, 0) is 20.0 Å². The second-order valence-electron chi connectivity index (χ2n) is 9.63. The first-order chi connectivity index (χ1) is 15.6. The number of aryl methyl sites for hydroxylation is 1. The lowest BCUT2D eigenvalue weighted by Gasteiger charge is -2.26. The molecular formula is C26H28N4O2. The summed E-state index contributed by atoms with van der Waals surface area (Å²) in [5.74, 6) is 0.711. The van der Waals surface area contributed by atoms with E-state index in [2.05, 4.69) is 46.7 Å². The number of nitrogens with zero attached hydrogens (tertiary/aromatic N) is 4. The van der Waals surface area contributed by atoms with Crippen LogP contribution in [0.4, 0.5) is 0 Å². The monoisotopic (exact) mass is 428 g/mol. The number of hydrogen-bond donors (Lipinski definition) is 1. The Hall–Kier alpha value is -2.99. The Bertz CT molecular complexity index is 1180. The molecule has 0 radical (unpaired) electrons. The van der Waals surface area contributed by atoms with E-state index in [1.165, 1.54) is 29.5 Å². The molecule has 6 nitrogen and oxygen atoms in total. The molecule has 6 rings (SSSR count).